The van der Waals surface area contributed by atoms with Crippen LogP contribution in [-0.2, 0) is 0 Å². The molecule has 4 nitrogen and oxygen atoms in total. The molecule has 0 radical (unpaired) electrons. The molecule has 1 aromatic carbocycles. The zero-order valence-electron chi connectivity index (χ0n) is 10.0. The van der Waals surface area contributed by atoms with Crippen molar-refractivity contribution in [3.05, 3.63) is 28.6 Å². The van der Waals surface area contributed by atoms with E-state index in [1.807, 2.05) is 0 Å². The first-order chi connectivity index (χ1) is 9.15. The molecule has 100 valence electrons. The Labute approximate surface area is 117 Å². The Hall–Kier alpha value is -1.56. The van der Waals surface area contributed by atoms with Crippen LogP contribution in [0.3, 0.4) is 0 Å². The van der Waals surface area contributed by atoms with Crippen LogP contribution in [-0.4, -0.2) is 11.8 Å². The maximum Gasteiger partial charge on any atom is 0.230 e. The quantitative estimate of drug-likeness (QED) is 0.932. The minimum absolute atomic E-state index is 0.147. The number of nitrogens with zero attached hydrogens (tertiary/aromatic N) is 1. The number of hydrogen-bond donors (Lipinski definition) is 1. The van der Waals surface area contributed by atoms with Crippen LogP contribution in [0.1, 0.15) is 12.8 Å². The molecule has 1 heterocycles. The van der Waals surface area contributed by atoms with E-state index < -0.39 is 0 Å². The van der Waals surface area contributed by atoms with Crippen molar-refractivity contribution in [1.29, 1.82) is 0 Å². The lowest BCUT2D eigenvalue weighted by Crippen LogP contribution is -2.02. The minimum Gasteiger partial charge on any atom is -0.491 e. The van der Waals surface area contributed by atoms with Gasteiger partial charge in [-0.15, -0.1) is 0 Å². The molecule has 6 heteroatoms. The molecular weight excluding hydrogens is 315 g/mol. The summed E-state index contributed by atoms with van der Waals surface area (Å²) in [5, 5.41) is 3.61. The third kappa shape index (κ3) is 2.58. The smallest absolute Gasteiger partial charge is 0.230 e. The van der Waals surface area contributed by atoms with E-state index in [2.05, 4.69) is 21.1 Å². The fraction of sp³-hybridized carbons (Fsp3) is 0.308. The van der Waals surface area contributed by atoms with Gasteiger partial charge in [-0.2, -0.15) is 0 Å². The lowest BCUT2D eigenvalue weighted by atomic mass is 10.1. The van der Waals surface area contributed by atoms with E-state index in [9.17, 15) is 4.39 Å². The fourth-order valence-electron chi connectivity index (χ4n) is 1.84. The molecular formula is C13H12BrFN2O2. The number of nitrogen functional groups attached to an aromatic ring is 1. The van der Waals surface area contributed by atoms with Gasteiger partial charge in [-0.05, 0) is 46.8 Å². The molecule has 19 heavy (non-hydrogen) atoms. The summed E-state index contributed by atoms with van der Waals surface area (Å²) >= 11 is 3.32. The number of hydrogen-bond acceptors (Lipinski definition) is 4. The molecule has 1 fully saturated rings. The molecule has 1 aliphatic carbocycles. The third-order valence-electron chi connectivity index (χ3n) is 3.06. The highest BCUT2D eigenvalue weighted by Gasteiger charge is 2.24. The Kier molecular flexibility index (Phi) is 3.18. The summed E-state index contributed by atoms with van der Waals surface area (Å²) in [6, 6.07) is 2.74. The monoisotopic (exact) mass is 326 g/mol. The number of benzene rings is 1. The zero-order chi connectivity index (χ0) is 13.4. The molecule has 2 aromatic rings. The van der Waals surface area contributed by atoms with Gasteiger partial charge in [0.15, 0.2) is 0 Å². The van der Waals surface area contributed by atoms with Gasteiger partial charge in [0.2, 0.25) is 5.88 Å². The first kappa shape index (κ1) is 12.5. The van der Waals surface area contributed by atoms with Crippen LogP contribution in [0.25, 0.3) is 11.1 Å². The van der Waals surface area contributed by atoms with Gasteiger partial charge in [-0.1, -0.05) is 5.16 Å². The Morgan fingerprint density at radius 3 is 2.84 bits per heavy atom. The molecule has 0 spiro atoms. The normalized spacial score (nSPS) is 14.6. The highest BCUT2D eigenvalue weighted by molar-refractivity contribution is 9.10. The zero-order valence-corrected chi connectivity index (χ0v) is 11.6. The van der Waals surface area contributed by atoms with Gasteiger partial charge < -0.3 is 15.0 Å². The lowest BCUT2D eigenvalue weighted by Gasteiger charge is -2.12. The second kappa shape index (κ2) is 4.85. The molecule has 0 aliphatic heterocycles. The molecule has 0 atom stereocenters. The van der Waals surface area contributed by atoms with E-state index in [0.717, 1.165) is 0 Å². The van der Waals surface area contributed by atoms with Crippen molar-refractivity contribution >= 4 is 21.8 Å². The van der Waals surface area contributed by atoms with Gasteiger partial charge >= 0.3 is 0 Å². The maximum atomic E-state index is 13.6. The first-order valence-electron chi connectivity index (χ1n) is 5.97. The SMILES string of the molecule is Nc1oncc1-c1cc(F)cc(Br)c1OCC1CC1. The average Bonchev–Trinajstić information content (AvgIpc) is 3.08. The minimum atomic E-state index is -0.374. The van der Waals surface area contributed by atoms with Crippen molar-refractivity contribution in [3.8, 4) is 16.9 Å². The van der Waals surface area contributed by atoms with Gasteiger partial charge in [0.1, 0.15) is 11.6 Å². The standard InChI is InChI=1S/C13H12BrFN2O2/c14-11-4-8(15)3-9(10-5-17-19-13(10)16)12(11)18-6-7-1-2-7/h3-5,7H,1-2,6,16H2. The van der Waals surface area contributed by atoms with E-state index in [-0.39, 0.29) is 11.7 Å². The van der Waals surface area contributed by atoms with Crippen LogP contribution >= 0.6 is 15.9 Å². The van der Waals surface area contributed by atoms with Crippen molar-refractivity contribution in [2.75, 3.05) is 12.3 Å². The summed E-state index contributed by atoms with van der Waals surface area (Å²) in [7, 11) is 0. The largest absolute Gasteiger partial charge is 0.491 e. The number of rotatable bonds is 4. The fourth-order valence-corrected chi connectivity index (χ4v) is 2.39. The molecule has 1 aromatic heterocycles. The number of aromatic nitrogens is 1. The van der Waals surface area contributed by atoms with Gasteiger partial charge in [0, 0.05) is 5.56 Å². The van der Waals surface area contributed by atoms with E-state index in [1.165, 1.54) is 31.2 Å². The Bertz CT molecular complexity index is 611. The second-order valence-electron chi connectivity index (χ2n) is 4.62. The van der Waals surface area contributed by atoms with E-state index >= 15 is 0 Å². The Morgan fingerprint density at radius 2 is 2.21 bits per heavy atom. The predicted molar refractivity (Wildman–Crippen MR) is 72.2 cm³/mol. The summed E-state index contributed by atoms with van der Waals surface area (Å²) < 4.78 is 24.7. The second-order valence-corrected chi connectivity index (χ2v) is 5.48. The van der Waals surface area contributed by atoms with E-state index in [0.29, 0.717) is 33.9 Å². The van der Waals surface area contributed by atoms with Crippen molar-refractivity contribution in [2.45, 2.75) is 12.8 Å². The molecule has 1 saturated carbocycles. The van der Waals surface area contributed by atoms with Crippen LogP contribution in [0.5, 0.6) is 5.75 Å². The van der Waals surface area contributed by atoms with Crippen LogP contribution in [0.4, 0.5) is 10.3 Å². The maximum absolute atomic E-state index is 13.6. The Morgan fingerprint density at radius 1 is 1.42 bits per heavy atom. The number of nitrogens with two attached hydrogens (primary N) is 1. The molecule has 2 N–H and O–H groups in total. The van der Waals surface area contributed by atoms with E-state index in [4.69, 9.17) is 15.0 Å². The number of anilines is 1. The predicted octanol–water partition coefficient (Wildman–Crippen LogP) is 3.61. The summed E-state index contributed by atoms with van der Waals surface area (Å²) in [5.41, 5.74) is 6.77. The third-order valence-corrected chi connectivity index (χ3v) is 3.65. The van der Waals surface area contributed by atoms with Crippen LogP contribution in [0.2, 0.25) is 0 Å². The topological polar surface area (TPSA) is 61.3 Å². The summed E-state index contributed by atoms with van der Waals surface area (Å²) in [4.78, 5) is 0. The highest BCUT2D eigenvalue weighted by Crippen LogP contribution is 2.41. The summed E-state index contributed by atoms with van der Waals surface area (Å²) in [5.74, 6) is 0.947. The van der Waals surface area contributed by atoms with Crippen molar-refractivity contribution < 1.29 is 13.7 Å². The van der Waals surface area contributed by atoms with Crippen molar-refractivity contribution in [1.82, 2.24) is 5.16 Å². The molecule has 0 amide bonds. The van der Waals surface area contributed by atoms with Gasteiger partial charge in [-0.3, -0.25) is 0 Å². The summed E-state index contributed by atoms with van der Waals surface area (Å²) in [6.07, 6.45) is 3.83. The number of ether oxygens (including phenoxy) is 1. The van der Waals surface area contributed by atoms with Crippen LogP contribution in [0.15, 0.2) is 27.3 Å². The van der Waals surface area contributed by atoms with Crippen molar-refractivity contribution in [2.24, 2.45) is 5.92 Å². The molecule has 3 rings (SSSR count). The van der Waals surface area contributed by atoms with E-state index in [1.54, 1.807) is 0 Å². The van der Waals surface area contributed by atoms with Crippen molar-refractivity contribution in [3.63, 3.8) is 0 Å². The molecule has 0 unspecified atom stereocenters. The Balaban J connectivity index is 2.02. The summed E-state index contributed by atoms with van der Waals surface area (Å²) in [6.45, 7) is 0.627. The molecule has 1 aliphatic rings. The van der Waals surface area contributed by atoms with Gasteiger partial charge in [0.05, 0.1) is 22.8 Å². The van der Waals surface area contributed by atoms with Gasteiger partial charge in [0.25, 0.3) is 0 Å². The highest BCUT2D eigenvalue weighted by atomic mass is 79.9. The molecule has 0 bridgehead atoms. The van der Waals surface area contributed by atoms with Gasteiger partial charge in [-0.25, -0.2) is 4.39 Å². The first-order valence-corrected chi connectivity index (χ1v) is 6.77. The number of halogens is 2. The van der Waals surface area contributed by atoms with Crippen LogP contribution < -0.4 is 10.5 Å². The van der Waals surface area contributed by atoms with Crippen LogP contribution in [0, 0.1) is 11.7 Å². The lowest BCUT2D eigenvalue weighted by molar-refractivity contribution is 0.299. The molecule has 0 saturated heterocycles. The average molecular weight is 327 g/mol.